The third-order valence-corrected chi connectivity index (χ3v) is 7.14. The largest absolute Gasteiger partial charge is 0.493 e. The fourth-order valence-corrected chi connectivity index (χ4v) is 5.49. The van der Waals surface area contributed by atoms with Gasteiger partial charge in [-0.1, -0.05) is 36.8 Å². The van der Waals surface area contributed by atoms with Gasteiger partial charge in [0.2, 0.25) is 10.0 Å². The van der Waals surface area contributed by atoms with Crippen LogP contribution in [-0.4, -0.2) is 44.1 Å². The molecule has 1 aliphatic heterocycles. The maximum Gasteiger partial charge on any atom is 0.333 e. The summed E-state index contributed by atoms with van der Waals surface area (Å²) < 4.78 is 39.1. The maximum atomic E-state index is 13.6. The lowest BCUT2D eigenvalue weighted by Crippen LogP contribution is -2.38. The van der Waals surface area contributed by atoms with E-state index in [-0.39, 0.29) is 10.5 Å². The molecule has 2 aromatic rings. The summed E-state index contributed by atoms with van der Waals surface area (Å²) >= 11 is 0. The van der Waals surface area contributed by atoms with E-state index in [1.165, 1.54) is 24.6 Å². The molecule has 2 atom stereocenters. The van der Waals surface area contributed by atoms with Crippen LogP contribution in [0.2, 0.25) is 0 Å². The molecule has 0 spiro atoms. The van der Waals surface area contributed by atoms with E-state index in [9.17, 15) is 18.3 Å². The average Bonchev–Trinajstić information content (AvgIpc) is 3.14. The van der Waals surface area contributed by atoms with Crippen LogP contribution in [0.5, 0.6) is 11.5 Å². The average molecular weight is 432 g/mol. The fourth-order valence-electron chi connectivity index (χ4n) is 3.68. The predicted molar refractivity (Wildman–Crippen MR) is 112 cm³/mol. The lowest BCUT2D eigenvalue weighted by Gasteiger charge is -2.30. The minimum absolute atomic E-state index is 0.0183. The summed E-state index contributed by atoms with van der Waals surface area (Å²) in [5.74, 6) is -0.290. The normalized spacial score (nSPS) is 19.4. The summed E-state index contributed by atoms with van der Waals surface area (Å²) in [6, 6.07) is 9.89. The van der Waals surface area contributed by atoms with E-state index in [1.807, 2.05) is 13.8 Å². The van der Waals surface area contributed by atoms with E-state index in [2.05, 4.69) is 0 Å². The van der Waals surface area contributed by atoms with Crippen LogP contribution in [0.4, 0.5) is 0 Å². The molecule has 0 radical (unpaired) electrons. The molecular weight excluding hydrogens is 406 g/mol. The molecule has 0 bridgehead atoms. The Morgan fingerprint density at radius 1 is 1.07 bits per heavy atom. The third kappa shape index (κ3) is 3.80. The first-order valence-electron chi connectivity index (χ1n) is 9.51. The summed E-state index contributed by atoms with van der Waals surface area (Å²) in [6.07, 6.45) is 1.96. The van der Waals surface area contributed by atoms with E-state index in [0.29, 0.717) is 23.5 Å². The Labute approximate surface area is 176 Å². The molecule has 0 aromatic heterocycles. The van der Waals surface area contributed by atoms with Gasteiger partial charge in [-0.2, -0.15) is 4.31 Å². The number of methoxy groups -OCH3 is 2. The van der Waals surface area contributed by atoms with Crippen molar-refractivity contribution in [2.45, 2.75) is 37.2 Å². The number of benzene rings is 2. The van der Waals surface area contributed by atoms with E-state index < -0.39 is 28.1 Å². The molecule has 2 aromatic carbocycles. The first-order chi connectivity index (χ1) is 14.2. The summed E-state index contributed by atoms with van der Waals surface area (Å²) in [6.45, 7) is 3.70. The van der Waals surface area contributed by atoms with Gasteiger partial charge in [-0.05, 0) is 43.2 Å². The second-order valence-corrected chi connectivity index (χ2v) is 8.91. The molecule has 0 fully saturated rings. The van der Waals surface area contributed by atoms with Gasteiger partial charge < -0.3 is 14.6 Å². The highest BCUT2D eigenvalue weighted by atomic mass is 32.2. The number of hydrogen-bond acceptors (Lipinski definition) is 5. The van der Waals surface area contributed by atoms with Crippen molar-refractivity contribution >= 4 is 16.0 Å². The zero-order chi connectivity index (χ0) is 22.1. The number of sulfonamides is 1. The monoisotopic (exact) mass is 431 g/mol. The van der Waals surface area contributed by atoms with Crippen molar-refractivity contribution in [3.8, 4) is 11.5 Å². The number of nitrogens with zero attached hydrogens (tertiary/aromatic N) is 1. The smallest absolute Gasteiger partial charge is 0.333 e. The third-order valence-electron chi connectivity index (χ3n) is 5.23. The van der Waals surface area contributed by atoms with Crippen LogP contribution in [0.15, 0.2) is 59.0 Å². The van der Waals surface area contributed by atoms with Gasteiger partial charge >= 0.3 is 5.97 Å². The molecule has 0 saturated carbocycles. The molecule has 1 N–H and O–H groups in total. The van der Waals surface area contributed by atoms with Crippen LogP contribution in [-0.2, 0) is 14.8 Å². The van der Waals surface area contributed by atoms with Crippen molar-refractivity contribution in [3.63, 3.8) is 0 Å². The fraction of sp³-hybridized carbons (Fsp3) is 0.318. The van der Waals surface area contributed by atoms with Gasteiger partial charge in [-0.25, -0.2) is 13.2 Å². The van der Waals surface area contributed by atoms with Gasteiger partial charge in [-0.15, -0.1) is 0 Å². The van der Waals surface area contributed by atoms with Gasteiger partial charge in [0.1, 0.15) is 0 Å². The summed E-state index contributed by atoms with van der Waals surface area (Å²) in [4.78, 5) is 12.2. The van der Waals surface area contributed by atoms with Crippen LogP contribution >= 0.6 is 0 Å². The Morgan fingerprint density at radius 3 is 2.23 bits per heavy atom. The summed E-state index contributed by atoms with van der Waals surface area (Å²) in [7, 11) is -1.00. The molecule has 160 valence electrons. The van der Waals surface area contributed by atoms with E-state index in [4.69, 9.17) is 9.47 Å². The second kappa shape index (κ2) is 8.49. The molecule has 30 heavy (non-hydrogen) atoms. The topological polar surface area (TPSA) is 93.1 Å². The van der Waals surface area contributed by atoms with E-state index in [1.54, 1.807) is 42.5 Å². The molecule has 1 heterocycles. The first kappa shape index (κ1) is 21.9. The van der Waals surface area contributed by atoms with Crippen LogP contribution < -0.4 is 9.47 Å². The lowest BCUT2D eigenvalue weighted by molar-refractivity contribution is -0.133. The Hall–Kier alpha value is -2.84. The minimum Gasteiger partial charge on any atom is -0.493 e. The number of carbonyl (C=O) groups is 1. The van der Waals surface area contributed by atoms with Crippen molar-refractivity contribution in [3.05, 3.63) is 65.2 Å². The van der Waals surface area contributed by atoms with Gasteiger partial charge in [0.05, 0.1) is 30.7 Å². The van der Waals surface area contributed by atoms with Crippen molar-refractivity contribution < 1.29 is 27.8 Å². The quantitative estimate of drug-likeness (QED) is 0.721. The Bertz CT molecular complexity index is 1080. The summed E-state index contributed by atoms with van der Waals surface area (Å²) in [5.41, 5.74) is 1.45. The van der Waals surface area contributed by atoms with Crippen LogP contribution in [0.3, 0.4) is 0 Å². The van der Waals surface area contributed by atoms with Crippen molar-refractivity contribution in [1.29, 1.82) is 0 Å². The molecule has 0 unspecified atom stereocenters. The van der Waals surface area contributed by atoms with Crippen LogP contribution in [0, 0.1) is 6.92 Å². The molecule has 7 nitrogen and oxygen atoms in total. The second-order valence-electron chi connectivity index (χ2n) is 7.07. The van der Waals surface area contributed by atoms with Gasteiger partial charge in [0.25, 0.3) is 0 Å². The van der Waals surface area contributed by atoms with E-state index in [0.717, 1.165) is 5.56 Å². The van der Waals surface area contributed by atoms with Crippen molar-refractivity contribution in [2.75, 3.05) is 14.2 Å². The number of carboxylic acids is 1. The van der Waals surface area contributed by atoms with Gasteiger partial charge in [0.15, 0.2) is 11.5 Å². The number of rotatable bonds is 7. The molecular formula is C22H25NO6S. The highest BCUT2D eigenvalue weighted by molar-refractivity contribution is 7.89. The Morgan fingerprint density at radius 2 is 1.70 bits per heavy atom. The van der Waals surface area contributed by atoms with Gasteiger partial charge in [-0.3, -0.25) is 0 Å². The predicted octanol–water partition coefficient (Wildman–Crippen LogP) is 3.55. The summed E-state index contributed by atoms with van der Waals surface area (Å²) in [5, 5.41) is 9.83. The highest BCUT2D eigenvalue weighted by Crippen LogP contribution is 2.43. The molecule has 3 rings (SSSR count). The minimum atomic E-state index is -3.97. The zero-order valence-electron chi connectivity index (χ0n) is 17.3. The highest BCUT2D eigenvalue weighted by Gasteiger charge is 2.45. The standard InChI is InChI=1S/C22H25NO6S/c1-5-16-13-18(22(24)25)21(15-8-11-19(28-3)20(12-15)29-4)23(16)30(26,27)17-9-6-14(2)7-10-17/h6-13,16,21H,5H2,1-4H3,(H,24,25)/t16-,21+/m1/s1. The maximum absolute atomic E-state index is 13.6. The van der Waals surface area contributed by atoms with Gasteiger partial charge in [0, 0.05) is 6.04 Å². The SMILES string of the molecule is CC[C@@H]1C=C(C(=O)O)[C@H](c2ccc(OC)c(OC)c2)N1S(=O)(=O)c1ccc(C)cc1. The number of aryl methyl sites for hydroxylation is 1. The number of aliphatic carboxylic acids is 1. The molecule has 8 heteroatoms. The molecule has 0 amide bonds. The zero-order valence-corrected chi connectivity index (χ0v) is 18.1. The van der Waals surface area contributed by atoms with Crippen LogP contribution in [0.25, 0.3) is 0 Å². The number of ether oxygens (including phenoxy) is 2. The number of carboxylic acid groups (broad SMARTS) is 1. The Kier molecular flexibility index (Phi) is 6.19. The van der Waals surface area contributed by atoms with Crippen molar-refractivity contribution in [1.82, 2.24) is 4.31 Å². The van der Waals surface area contributed by atoms with Crippen LogP contribution in [0.1, 0.15) is 30.5 Å². The van der Waals surface area contributed by atoms with E-state index >= 15 is 0 Å². The lowest BCUT2D eigenvalue weighted by atomic mass is 10.0. The molecule has 0 aliphatic carbocycles. The Balaban J connectivity index is 2.19. The first-order valence-corrected chi connectivity index (χ1v) is 11.0. The number of hydrogen-bond donors (Lipinski definition) is 1. The molecule has 1 aliphatic rings. The molecule has 0 saturated heterocycles. The van der Waals surface area contributed by atoms with Crippen molar-refractivity contribution in [2.24, 2.45) is 0 Å².